The second kappa shape index (κ2) is 9.51. The predicted octanol–water partition coefficient (Wildman–Crippen LogP) is 2.99. The maximum atomic E-state index is 5.52. The van der Waals surface area contributed by atoms with Crippen molar-refractivity contribution in [1.29, 1.82) is 0 Å². The van der Waals surface area contributed by atoms with E-state index in [4.69, 9.17) is 4.74 Å². The summed E-state index contributed by atoms with van der Waals surface area (Å²) in [6.07, 6.45) is 0.974. The third-order valence-electron chi connectivity index (χ3n) is 3.44. The molecular formula is C19H25N3O. The highest BCUT2D eigenvalue weighted by atomic mass is 16.5. The van der Waals surface area contributed by atoms with E-state index < -0.39 is 0 Å². The van der Waals surface area contributed by atoms with Gasteiger partial charge in [-0.1, -0.05) is 42.5 Å². The van der Waals surface area contributed by atoms with Crippen molar-refractivity contribution in [3.63, 3.8) is 0 Å². The molecule has 0 bridgehead atoms. The van der Waals surface area contributed by atoms with E-state index in [1.807, 2.05) is 31.2 Å². The highest BCUT2D eigenvalue weighted by Crippen LogP contribution is 2.12. The van der Waals surface area contributed by atoms with E-state index in [9.17, 15) is 0 Å². The first kappa shape index (κ1) is 16.9. The molecule has 2 rings (SSSR count). The molecule has 0 spiro atoms. The lowest BCUT2D eigenvalue weighted by Gasteiger charge is -2.12. The van der Waals surface area contributed by atoms with Crippen molar-refractivity contribution in [2.45, 2.75) is 19.9 Å². The molecule has 0 aromatic heterocycles. The first-order valence-corrected chi connectivity index (χ1v) is 8.02. The number of aliphatic imine (C=N–C) groups is 1. The quantitative estimate of drug-likeness (QED) is 0.610. The molecule has 0 fully saturated rings. The standard InChI is InChI=1S/C19H25N3O/c1-3-23-18-11-7-10-17(14-18)15-22-19(20-2)21-13-12-16-8-5-4-6-9-16/h4-11,14H,3,12-13,15H2,1-2H3,(H2,20,21,22). The van der Waals surface area contributed by atoms with Crippen LogP contribution in [0.5, 0.6) is 5.75 Å². The fraction of sp³-hybridized carbons (Fsp3) is 0.316. The topological polar surface area (TPSA) is 45.6 Å². The first-order valence-electron chi connectivity index (χ1n) is 8.02. The van der Waals surface area contributed by atoms with Crippen LogP contribution in [0.2, 0.25) is 0 Å². The number of guanidine groups is 1. The summed E-state index contributed by atoms with van der Waals surface area (Å²) in [5, 5.41) is 6.66. The summed E-state index contributed by atoms with van der Waals surface area (Å²) >= 11 is 0. The molecule has 0 unspecified atom stereocenters. The summed E-state index contributed by atoms with van der Waals surface area (Å²) in [5.74, 6) is 1.71. The van der Waals surface area contributed by atoms with Gasteiger partial charge >= 0.3 is 0 Å². The molecule has 2 aromatic rings. The van der Waals surface area contributed by atoms with Crippen LogP contribution >= 0.6 is 0 Å². The van der Waals surface area contributed by atoms with Gasteiger partial charge in [-0.2, -0.15) is 0 Å². The van der Waals surface area contributed by atoms with Crippen molar-refractivity contribution in [3.8, 4) is 5.75 Å². The van der Waals surface area contributed by atoms with E-state index in [1.54, 1.807) is 7.05 Å². The lowest BCUT2D eigenvalue weighted by Crippen LogP contribution is -2.37. The molecule has 4 nitrogen and oxygen atoms in total. The molecule has 0 atom stereocenters. The highest BCUT2D eigenvalue weighted by molar-refractivity contribution is 5.79. The first-order chi connectivity index (χ1) is 11.3. The third-order valence-corrected chi connectivity index (χ3v) is 3.44. The Morgan fingerprint density at radius 2 is 1.78 bits per heavy atom. The summed E-state index contributed by atoms with van der Waals surface area (Å²) in [5.41, 5.74) is 2.49. The molecule has 2 aromatic carbocycles. The summed E-state index contributed by atoms with van der Waals surface area (Å²) in [4.78, 5) is 4.26. The number of nitrogens with zero attached hydrogens (tertiary/aromatic N) is 1. The van der Waals surface area contributed by atoms with Crippen molar-refractivity contribution in [2.75, 3.05) is 20.2 Å². The van der Waals surface area contributed by atoms with E-state index in [0.717, 1.165) is 24.7 Å². The van der Waals surface area contributed by atoms with Gasteiger partial charge < -0.3 is 15.4 Å². The SMILES string of the molecule is CCOc1cccc(CNC(=NC)NCCc2ccccc2)c1. The van der Waals surface area contributed by atoms with Gasteiger partial charge in [0, 0.05) is 20.1 Å². The van der Waals surface area contributed by atoms with Gasteiger partial charge in [-0.15, -0.1) is 0 Å². The minimum absolute atomic E-state index is 0.680. The highest BCUT2D eigenvalue weighted by Gasteiger charge is 2.00. The molecule has 2 N–H and O–H groups in total. The van der Waals surface area contributed by atoms with Crippen LogP contribution in [-0.4, -0.2) is 26.2 Å². The molecule has 4 heteroatoms. The van der Waals surface area contributed by atoms with Crippen LogP contribution in [-0.2, 0) is 13.0 Å². The number of ether oxygens (including phenoxy) is 1. The zero-order valence-corrected chi connectivity index (χ0v) is 13.9. The van der Waals surface area contributed by atoms with Crippen molar-refractivity contribution >= 4 is 5.96 Å². The van der Waals surface area contributed by atoms with Crippen LogP contribution in [0.15, 0.2) is 59.6 Å². The molecule has 0 aliphatic rings. The number of hydrogen-bond acceptors (Lipinski definition) is 2. The third kappa shape index (κ3) is 6.02. The van der Waals surface area contributed by atoms with Gasteiger partial charge in [0.1, 0.15) is 5.75 Å². The summed E-state index contributed by atoms with van der Waals surface area (Å²) in [7, 11) is 1.79. The molecular weight excluding hydrogens is 286 g/mol. The zero-order chi connectivity index (χ0) is 16.3. The van der Waals surface area contributed by atoms with Crippen LogP contribution in [0, 0.1) is 0 Å². The van der Waals surface area contributed by atoms with E-state index in [1.165, 1.54) is 11.1 Å². The van der Waals surface area contributed by atoms with Crippen LogP contribution in [0.4, 0.5) is 0 Å². The minimum Gasteiger partial charge on any atom is -0.494 e. The van der Waals surface area contributed by atoms with Crippen molar-refractivity contribution in [1.82, 2.24) is 10.6 Å². The van der Waals surface area contributed by atoms with E-state index >= 15 is 0 Å². The molecule has 0 aliphatic carbocycles. The maximum Gasteiger partial charge on any atom is 0.191 e. The monoisotopic (exact) mass is 311 g/mol. The largest absolute Gasteiger partial charge is 0.494 e. The molecule has 0 amide bonds. The Morgan fingerprint density at radius 3 is 2.52 bits per heavy atom. The Morgan fingerprint density at radius 1 is 1.00 bits per heavy atom. The van der Waals surface area contributed by atoms with Gasteiger partial charge in [-0.05, 0) is 36.6 Å². The Hall–Kier alpha value is -2.49. The van der Waals surface area contributed by atoms with Crippen molar-refractivity contribution < 1.29 is 4.74 Å². The molecule has 0 saturated heterocycles. The molecule has 0 heterocycles. The second-order valence-electron chi connectivity index (χ2n) is 5.17. The Bertz CT molecular complexity index is 611. The molecule has 122 valence electrons. The Kier molecular flexibility index (Phi) is 6.98. The van der Waals surface area contributed by atoms with Crippen LogP contribution in [0.1, 0.15) is 18.1 Å². The zero-order valence-electron chi connectivity index (χ0n) is 13.9. The Balaban J connectivity index is 1.77. The van der Waals surface area contributed by atoms with E-state index in [2.05, 4.69) is 46.0 Å². The predicted molar refractivity (Wildman–Crippen MR) is 96.0 cm³/mol. The van der Waals surface area contributed by atoms with Gasteiger partial charge in [0.2, 0.25) is 0 Å². The van der Waals surface area contributed by atoms with Crippen molar-refractivity contribution in [3.05, 3.63) is 65.7 Å². The van der Waals surface area contributed by atoms with Gasteiger partial charge in [0.05, 0.1) is 6.61 Å². The summed E-state index contributed by atoms with van der Waals surface area (Å²) in [6, 6.07) is 18.5. The number of hydrogen-bond donors (Lipinski definition) is 2. The minimum atomic E-state index is 0.680. The smallest absolute Gasteiger partial charge is 0.191 e. The molecule has 0 aliphatic heterocycles. The van der Waals surface area contributed by atoms with Gasteiger partial charge in [-0.25, -0.2) is 0 Å². The fourth-order valence-corrected chi connectivity index (χ4v) is 2.29. The lowest BCUT2D eigenvalue weighted by molar-refractivity contribution is 0.340. The van der Waals surface area contributed by atoms with Crippen molar-refractivity contribution in [2.24, 2.45) is 4.99 Å². The lowest BCUT2D eigenvalue weighted by atomic mass is 10.1. The molecule has 0 saturated carbocycles. The Labute approximate surface area is 138 Å². The van der Waals surface area contributed by atoms with Gasteiger partial charge in [0.25, 0.3) is 0 Å². The maximum absolute atomic E-state index is 5.52. The number of rotatable bonds is 7. The molecule has 0 radical (unpaired) electrons. The number of nitrogens with one attached hydrogen (secondary N) is 2. The normalized spacial score (nSPS) is 11.1. The van der Waals surface area contributed by atoms with Crippen LogP contribution in [0.3, 0.4) is 0 Å². The average Bonchev–Trinajstić information content (AvgIpc) is 2.59. The van der Waals surface area contributed by atoms with Crippen LogP contribution in [0.25, 0.3) is 0 Å². The summed E-state index contributed by atoms with van der Waals surface area (Å²) < 4.78 is 5.52. The fourth-order valence-electron chi connectivity index (χ4n) is 2.29. The van der Waals surface area contributed by atoms with E-state index in [0.29, 0.717) is 13.2 Å². The second-order valence-corrected chi connectivity index (χ2v) is 5.17. The van der Waals surface area contributed by atoms with Crippen LogP contribution < -0.4 is 15.4 Å². The van der Waals surface area contributed by atoms with Gasteiger partial charge in [0.15, 0.2) is 5.96 Å². The van der Waals surface area contributed by atoms with E-state index in [-0.39, 0.29) is 0 Å². The number of benzene rings is 2. The summed E-state index contributed by atoms with van der Waals surface area (Å²) in [6.45, 7) is 4.23. The van der Waals surface area contributed by atoms with Gasteiger partial charge in [-0.3, -0.25) is 4.99 Å². The molecule has 23 heavy (non-hydrogen) atoms. The average molecular weight is 311 g/mol.